The van der Waals surface area contributed by atoms with Crippen molar-refractivity contribution >= 4 is 5.78 Å². The van der Waals surface area contributed by atoms with Crippen LogP contribution in [0.2, 0.25) is 0 Å². The molecule has 1 aromatic heterocycles. The summed E-state index contributed by atoms with van der Waals surface area (Å²) in [5.41, 5.74) is -0.0741. The number of hydrogen-bond donors (Lipinski definition) is 2. The van der Waals surface area contributed by atoms with Crippen LogP contribution in [0.1, 0.15) is 58.9 Å². The molecule has 1 aromatic rings. The van der Waals surface area contributed by atoms with Gasteiger partial charge in [0.1, 0.15) is 6.10 Å². The van der Waals surface area contributed by atoms with Crippen molar-refractivity contribution in [3.8, 4) is 0 Å². The maximum absolute atomic E-state index is 12.6. The van der Waals surface area contributed by atoms with Crippen molar-refractivity contribution < 1.29 is 24.2 Å². The van der Waals surface area contributed by atoms with Crippen LogP contribution in [0.5, 0.6) is 0 Å². The fourth-order valence-electron chi connectivity index (χ4n) is 5.11. The molecule has 0 radical (unpaired) electrons. The number of ether oxygens (including phenoxy) is 1. The Morgan fingerprint density at radius 1 is 1.36 bits per heavy atom. The Morgan fingerprint density at radius 3 is 2.68 bits per heavy atom. The van der Waals surface area contributed by atoms with Gasteiger partial charge in [-0.05, 0) is 36.3 Å². The maximum Gasteiger partial charge on any atom is 0.172 e. The van der Waals surface area contributed by atoms with Gasteiger partial charge >= 0.3 is 0 Å². The number of aryl methyl sites for hydroxylation is 1. The molecule has 25 heavy (non-hydrogen) atoms. The van der Waals surface area contributed by atoms with Crippen LogP contribution in [0.3, 0.4) is 0 Å². The van der Waals surface area contributed by atoms with Gasteiger partial charge in [-0.3, -0.25) is 4.79 Å². The highest BCUT2D eigenvalue weighted by molar-refractivity contribution is 5.83. The summed E-state index contributed by atoms with van der Waals surface area (Å²) in [5.74, 6) is -1.61. The number of furan rings is 1. The van der Waals surface area contributed by atoms with Crippen LogP contribution in [0.15, 0.2) is 23.0 Å². The largest absolute Gasteiger partial charge is 0.472 e. The quantitative estimate of drug-likeness (QED) is 0.853. The lowest BCUT2D eigenvalue weighted by molar-refractivity contribution is -0.247. The molecule has 1 saturated carbocycles. The number of rotatable bonds is 5. The fourth-order valence-corrected chi connectivity index (χ4v) is 5.11. The zero-order valence-electron chi connectivity index (χ0n) is 15.6. The number of aliphatic hydroxyl groups is 2. The molecule has 0 aromatic carbocycles. The van der Waals surface area contributed by atoms with E-state index in [4.69, 9.17) is 9.15 Å². The first kappa shape index (κ1) is 18.6. The number of aliphatic hydroxyl groups excluding tert-OH is 1. The molecule has 3 rings (SSSR count). The molecule has 1 aliphatic heterocycles. The van der Waals surface area contributed by atoms with Gasteiger partial charge in [0.15, 0.2) is 11.6 Å². The average Bonchev–Trinajstić information content (AvgIpc) is 3.15. The molecule has 5 nitrogen and oxygen atoms in total. The Hall–Kier alpha value is -1.17. The molecule has 0 bridgehead atoms. The van der Waals surface area contributed by atoms with Crippen molar-refractivity contribution in [2.45, 2.75) is 77.8 Å². The number of carbonyl (C=O) groups is 1. The number of hydrogen-bond acceptors (Lipinski definition) is 5. The first-order valence-electron chi connectivity index (χ1n) is 9.28. The summed E-state index contributed by atoms with van der Waals surface area (Å²) in [6, 6.07) is 1.88. The molecule has 1 saturated heterocycles. The van der Waals surface area contributed by atoms with E-state index in [0.717, 1.165) is 5.56 Å². The second kappa shape index (κ2) is 6.22. The van der Waals surface area contributed by atoms with E-state index in [2.05, 4.69) is 0 Å². The summed E-state index contributed by atoms with van der Waals surface area (Å²) >= 11 is 0. The number of carbonyl (C=O) groups excluding carboxylic acids is 1. The lowest BCUT2D eigenvalue weighted by atomic mass is 9.52. The highest BCUT2D eigenvalue weighted by Gasteiger charge is 2.69. The van der Waals surface area contributed by atoms with Crippen LogP contribution in [-0.2, 0) is 16.0 Å². The summed E-state index contributed by atoms with van der Waals surface area (Å²) in [7, 11) is 0. The van der Waals surface area contributed by atoms with E-state index in [9.17, 15) is 15.0 Å². The molecular formula is C20H30O5. The third-order valence-corrected chi connectivity index (χ3v) is 6.80. The fraction of sp³-hybridized carbons (Fsp3) is 0.750. The number of ketones is 1. The third kappa shape index (κ3) is 2.77. The Labute approximate surface area is 149 Å². The van der Waals surface area contributed by atoms with Gasteiger partial charge in [-0.2, -0.15) is 0 Å². The molecule has 2 aliphatic rings. The van der Waals surface area contributed by atoms with Crippen LogP contribution in [0.4, 0.5) is 0 Å². The van der Waals surface area contributed by atoms with Gasteiger partial charge in [0, 0.05) is 24.2 Å². The highest BCUT2D eigenvalue weighted by Crippen LogP contribution is 2.63. The summed E-state index contributed by atoms with van der Waals surface area (Å²) in [4.78, 5) is 12.6. The molecule has 5 heteroatoms. The van der Waals surface area contributed by atoms with Gasteiger partial charge in [0.2, 0.25) is 0 Å². The van der Waals surface area contributed by atoms with Crippen LogP contribution < -0.4 is 0 Å². The topological polar surface area (TPSA) is 79.9 Å². The first-order valence-corrected chi connectivity index (χ1v) is 9.28. The smallest absolute Gasteiger partial charge is 0.172 e. The van der Waals surface area contributed by atoms with Gasteiger partial charge in [0.05, 0.1) is 18.6 Å². The van der Waals surface area contributed by atoms with Gasteiger partial charge in [-0.25, -0.2) is 0 Å². The lowest BCUT2D eigenvalue weighted by Gasteiger charge is -2.53. The van der Waals surface area contributed by atoms with E-state index >= 15 is 0 Å². The van der Waals surface area contributed by atoms with Crippen molar-refractivity contribution in [3.63, 3.8) is 0 Å². The average molecular weight is 350 g/mol. The summed E-state index contributed by atoms with van der Waals surface area (Å²) < 4.78 is 11.2. The number of fused-ring (bicyclic) bond motifs is 1. The van der Waals surface area contributed by atoms with E-state index in [-0.39, 0.29) is 11.7 Å². The van der Waals surface area contributed by atoms with Gasteiger partial charge in [-0.1, -0.05) is 27.7 Å². The molecule has 140 valence electrons. The van der Waals surface area contributed by atoms with E-state index in [1.807, 2.05) is 33.8 Å². The van der Waals surface area contributed by atoms with E-state index in [1.54, 1.807) is 12.5 Å². The second-order valence-corrected chi connectivity index (χ2v) is 8.55. The van der Waals surface area contributed by atoms with Crippen LogP contribution in [0.25, 0.3) is 0 Å². The normalized spacial score (nSPS) is 40.0. The molecule has 0 amide bonds. The first-order chi connectivity index (χ1) is 11.7. The lowest BCUT2D eigenvalue weighted by Crippen LogP contribution is -2.57. The van der Waals surface area contributed by atoms with Crippen molar-refractivity contribution in [1.82, 2.24) is 0 Å². The zero-order valence-corrected chi connectivity index (χ0v) is 15.6. The predicted octanol–water partition coefficient (Wildman–Crippen LogP) is 3.08. The number of Topliss-reactive ketones (excluding diaryl/α,β-unsaturated/α-hetero) is 1. The standard InChI is InChI=1S/C20H30O5/c1-5-14(21)16-17-18(2,3)15(22)7-9-19(17,4)20(23,25-16)10-6-13-8-11-24-12-13/h8,11-12,15-17,22-23H,5-7,9-10H2,1-4H3/t15-,16-,17+,19+,20-/m1/s1. The van der Waals surface area contributed by atoms with Gasteiger partial charge < -0.3 is 19.4 Å². The minimum absolute atomic E-state index is 0.00219. The van der Waals surface area contributed by atoms with Gasteiger partial charge in [0.25, 0.3) is 0 Å². The summed E-state index contributed by atoms with van der Waals surface area (Å²) in [6.45, 7) is 7.81. The van der Waals surface area contributed by atoms with Crippen molar-refractivity contribution in [3.05, 3.63) is 24.2 Å². The SMILES string of the molecule is CCC(=O)[C@H]1O[C@](O)(CCc2ccoc2)[C@@]2(C)CC[C@@H](O)C(C)(C)[C@H]12. The zero-order chi connectivity index (χ0) is 18.5. The summed E-state index contributed by atoms with van der Waals surface area (Å²) in [5, 5.41) is 22.1. The highest BCUT2D eigenvalue weighted by atomic mass is 16.6. The molecule has 5 atom stereocenters. The minimum atomic E-state index is -1.39. The van der Waals surface area contributed by atoms with E-state index in [0.29, 0.717) is 32.1 Å². The summed E-state index contributed by atoms with van der Waals surface area (Å²) in [6.07, 6.45) is 4.73. The Balaban J connectivity index is 1.96. The van der Waals surface area contributed by atoms with Crippen molar-refractivity contribution in [2.75, 3.05) is 0 Å². The molecule has 0 unspecified atom stereocenters. The van der Waals surface area contributed by atoms with E-state index in [1.165, 1.54) is 0 Å². The Kier molecular flexibility index (Phi) is 4.63. The van der Waals surface area contributed by atoms with Crippen molar-refractivity contribution in [1.29, 1.82) is 0 Å². The molecular weight excluding hydrogens is 320 g/mol. The van der Waals surface area contributed by atoms with Crippen LogP contribution in [0, 0.1) is 16.7 Å². The second-order valence-electron chi connectivity index (χ2n) is 8.55. The van der Waals surface area contributed by atoms with Crippen LogP contribution in [-0.4, -0.2) is 34.0 Å². The minimum Gasteiger partial charge on any atom is -0.472 e. The van der Waals surface area contributed by atoms with Gasteiger partial charge in [-0.15, -0.1) is 0 Å². The monoisotopic (exact) mass is 350 g/mol. The predicted molar refractivity (Wildman–Crippen MR) is 92.8 cm³/mol. The van der Waals surface area contributed by atoms with Crippen molar-refractivity contribution in [2.24, 2.45) is 16.7 Å². The molecule has 2 N–H and O–H groups in total. The molecule has 1 aliphatic carbocycles. The van der Waals surface area contributed by atoms with Crippen LogP contribution >= 0.6 is 0 Å². The third-order valence-electron chi connectivity index (χ3n) is 6.80. The molecule has 2 heterocycles. The van der Waals surface area contributed by atoms with E-state index < -0.39 is 28.8 Å². The molecule has 2 fully saturated rings. The Bertz CT molecular complexity index is 622. The molecule has 0 spiro atoms. The maximum atomic E-state index is 12.6. The Morgan fingerprint density at radius 2 is 2.08 bits per heavy atom.